The van der Waals surface area contributed by atoms with Crippen LogP contribution in [-0.4, -0.2) is 11.7 Å². The first-order valence-electron chi connectivity index (χ1n) is 8.26. The molecule has 4 aliphatic carbocycles. The molecule has 0 heterocycles. The summed E-state index contributed by atoms with van der Waals surface area (Å²) in [5.74, 6) is 2.34. The first-order valence-corrected chi connectivity index (χ1v) is 8.26. The number of nitrogens with one attached hydrogen (secondary N) is 1. The zero-order valence-electron chi connectivity index (χ0n) is 12.4. The summed E-state index contributed by atoms with van der Waals surface area (Å²) in [6.45, 7) is 0. The Bertz CT molecular complexity index is 511. The number of anilines is 1. The van der Waals surface area contributed by atoms with E-state index in [2.05, 4.69) is 5.32 Å². The average Bonchev–Trinajstić information content (AvgIpc) is 2.65. The summed E-state index contributed by atoms with van der Waals surface area (Å²) >= 11 is 0. The Morgan fingerprint density at radius 3 is 2.29 bits per heavy atom. The summed E-state index contributed by atoms with van der Waals surface area (Å²) in [6, 6.07) is 9.58. The Balaban J connectivity index is 1.47. The van der Waals surface area contributed by atoms with Gasteiger partial charge in [-0.1, -0.05) is 31.0 Å². The maximum atomic E-state index is 12.3. The monoisotopic (exact) mass is 285 g/mol. The van der Waals surface area contributed by atoms with E-state index < -0.39 is 0 Å². The van der Waals surface area contributed by atoms with Gasteiger partial charge in [0.2, 0.25) is 0 Å². The van der Waals surface area contributed by atoms with Gasteiger partial charge in [-0.25, -0.2) is 4.79 Å². The first kappa shape index (κ1) is 13.2. The van der Waals surface area contributed by atoms with Crippen molar-refractivity contribution in [2.75, 3.05) is 5.32 Å². The van der Waals surface area contributed by atoms with Crippen LogP contribution in [0, 0.1) is 17.8 Å². The predicted octanol–water partition coefficient (Wildman–Crippen LogP) is 4.59. The molecule has 2 unspecified atom stereocenters. The minimum Gasteiger partial charge on any atom is -0.443 e. The fourth-order valence-electron chi connectivity index (χ4n) is 5.10. The Labute approximate surface area is 126 Å². The number of para-hydroxylation sites is 1. The molecule has 112 valence electrons. The minimum absolute atomic E-state index is 0.175. The van der Waals surface area contributed by atoms with Gasteiger partial charge in [0.15, 0.2) is 0 Å². The Hall–Kier alpha value is -1.51. The van der Waals surface area contributed by atoms with Crippen molar-refractivity contribution in [1.82, 2.24) is 0 Å². The number of ether oxygens (including phenoxy) is 1. The molecule has 2 atom stereocenters. The van der Waals surface area contributed by atoms with Gasteiger partial charge in [-0.15, -0.1) is 0 Å². The summed E-state index contributed by atoms with van der Waals surface area (Å²) in [4.78, 5) is 12.3. The number of rotatable bonds is 2. The second-order valence-corrected chi connectivity index (χ2v) is 7.32. The molecule has 1 amide bonds. The molecule has 1 aromatic carbocycles. The van der Waals surface area contributed by atoms with Gasteiger partial charge in [0, 0.05) is 5.69 Å². The number of carbonyl (C=O) groups is 1. The van der Waals surface area contributed by atoms with Crippen LogP contribution in [0.25, 0.3) is 0 Å². The molecule has 4 saturated carbocycles. The van der Waals surface area contributed by atoms with Gasteiger partial charge < -0.3 is 4.74 Å². The van der Waals surface area contributed by atoms with Gasteiger partial charge in [0.1, 0.15) is 5.60 Å². The molecule has 3 nitrogen and oxygen atoms in total. The fourth-order valence-corrected chi connectivity index (χ4v) is 5.10. The summed E-state index contributed by atoms with van der Waals surface area (Å²) in [5.41, 5.74) is 0.635. The van der Waals surface area contributed by atoms with Gasteiger partial charge in [-0.05, 0) is 62.0 Å². The molecule has 0 spiro atoms. The van der Waals surface area contributed by atoms with Crippen LogP contribution in [-0.2, 0) is 4.74 Å². The van der Waals surface area contributed by atoms with Crippen molar-refractivity contribution in [1.29, 1.82) is 0 Å². The average molecular weight is 285 g/mol. The minimum atomic E-state index is -0.275. The highest BCUT2D eigenvalue weighted by atomic mass is 16.6. The molecule has 4 bridgehead atoms. The highest BCUT2D eigenvalue weighted by molar-refractivity contribution is 5.84. The number of carbonyl (C=O) groups excluding carboxylic acids is 1. The van der Waals surface area contributed by atoms with E-state index in [-0.39, 0.29) is 11.7 Å². The fraction of sp³-hybridized carbons (Fsp3) is 0.611. The maximum Gasteiger partial charge on any atom is 0.412 e. The van der Waals surface area contributed by atoms with E-state index in [4.69, 9.17) is 4.74 Å². The molecular formula is C18H23NO2. The second kappa shape index (κ2) is 5.04. The van der Waals surface area contributed by atoms with Crippen LogP contribution in [0.3, 0.4) is 0 Å². The van der Waals surface area contributed by atoms with Crippen molar-refractivity contribution in [2.45, 2.75) is 50.5 Å². The molecule has 3 heteroatoms. The molecule has 4 aliphatic rings. The molecule has 21 heavy (non-hydrogen) atoms. The summed E-state index contributed by atoms with van der Waals surface area (Å²) in [6.07, 6.45) is 8.39. The number of benzene rings is 1. The van der Waals surface area contributed by atoms with E-state index in [0.717, 1.165) is 42.7 Å². The van der Waals surface area contributed by atoms with Crippen LogP contribution in [0.5, 0.6) is 0 Å². The summed E-state index contributed by atoms with van der Waals surface area (Å²) in [5, 5.41) is 2.88. The third kappa shape index (κ3) is 2.66. The largest absolute Gasteiger partial charge is 0.443 e. The molecule has 5 rings (SSSR count). The van der Waals surface area contributed by atoms with Gasteiger partial charge in [0.25, 0.3) is 0 Å². The number of hydrogen-bond donors (Lipinski definition) is 1. The third-order valence-corrected chi connectivity index (χ3v) is 5.63. The first-order chi connectivity index (χ1) is 10.2. The van der Waals surface area contributed by atoms with Gasteiger partial charge in [-0.2, -0.15) is 0 Å². The van der Waals surface area contributed by atoms with E-state index in [9.17, 15) is 4.79 Å². The molecule has 4 fully saturated rings. The van der Waals surface area contributed by atoms with Crippen LogP contribution in [0.15, 0.2) is 30.3 Å². The van der Waals surface area contributed by atoms with Crippen molar-refractivity contribution in [3.8, 4) is 0 Å². The highest BCUT2D eigenvalue weighted by Crippen LogP contribution is 2.54. The lowest BCUT2D eigenvalue weighted by Gasteiger charge is -2.47. The molecule has 0 aromatic heterocycles. The van der Waals surface area contributed by atoms with Crippen molar-refractivity contribution < 1.29 is 9.53 Å². The Morgan fingerprint density at radius 1 is 1.00 bits per heavy atom. The number of amides is 1. The van der Waals surface area contributed by atoms with Crippen LogP contribution >= 0.6 is 0 Å². The van der Waals surface area contributed by atoms with Crippen LogP contribution in [0.1, 0.15) is 44.9 Å². The molecule has 0 saturated heterocycles. The second-order valence-electron chi connectivity index (χ2n) is 7.32. The standard InChI is InChI=1S/C18H23NO2/c20-17(19-16-4-2-1-3-5-16)21-18-10-13-6-7-14(11-18)9-15(8-13)12-18/h1-5,13-15H,6-12H2,(H,19,20). The molecule has 0 aliphatic heterocycles. The van der Waals surface area contributed by atoms with Crippen LogP contribution in [0.2, 0.25) is 0 Å². The SMILES string of the molecule is O=C(Nc1ccccc1)OC12CC3CCC(CC(C3)C1)C2. The van der Waals surface area contributed by atoms with E-state index in [1.807, 2.05) is 30.3 Å². The lowest BCUT2D eigenvalue weighted by molar-refractivity contribution is -0.0743. The van der Waals surface area contributed by atoms with E-state index in [1.54, 1.807) is 0 Å². The lowest BCUT2D eigenvalue weighted by Crippen LogP contribution is -2.47. The van der Waals surface area contributed by atoms with Gasteiger partial charge >= 0.3 is 6.09 Å². The van der Waals surface area contributed by atoms with Crippen molar-refractivity contribution in [3.63, 3.8) is 0 Å². The molecule has 1 N–H and O–H groups in total. The third-order valence-electron chi connectivity index (χ3n) is 5.63. The van der Waals surface area contributed by atoms with E-state index in [1.165, 1.54) is 25.7 Å². The smallest absolute Gasteiger partial charge is 0.412 e. The summed E-state index contributed by atoms with van der Waals surface area (Å²) in [7, 11) is 0. The highest BCUT2D eigenvalue weighted by Gasteiger charge is 2.50. The van der Waals surface area contributed by atoms with Crippen molar-refractivity contribution in [3.05, 3.63) is 30.3 Å². The molecule has 1 aromatic rings. The predicted molar refractivity (Wildman–Crippen MR) is 82.1 cm³/mol. The number of fused-ring (bicyclic) bond motifs is 1. The zero-order chi connectivity index (χ0) is 14.3. The van der Waals surface area contributed by atoms with Crippen LogP contribution < -0.4 is 5.32 Å². The van der Waals surface area contributed by atoms with Gasteiger partial charge in [0.05, 0.1) is 0 Å². The van der Waals surface area contributed by atoms with E-state index in [0.29, 0.717) is 0 Å². The lowest BCUT2D eigenvalue weighted by atomic mass is 9.65. The Kier molecular flexibility index (Phi) is 3.16. The Morgan fingerprint density at radius 2 is 1.62 bits per heavy atom. The van der Waals surface area contributed by atoms with E-state index >= 15 is 0 Å². The zero-order valence-corrected chi connectivity index (χ0v) is 12.4. The van der Waals surface area contributed by atoms with Crippen molar-refractivity contribution in [2.24, 2.45) is 17.8 Å². The van der Waals surface area contributed by atoms with Gasteiger partial charge in [-0.3, -0.25) is 5.32 Å². The topological polar surface area (TPSA) is 38.3 Å². The normalized spacial score (nSPS) is 37.0. The quantitative estimate of drug-likeness (QED) is 0.862. The van der Waals surface area contributed by atoms with Crippen molar-refractivity contribution >= 4 is 11.8 Å². The maximum absolute atomic E-state index is 12.3. The molecular weight excluding hydrogens is 262 g/mol. The summed E-state index contributed by atoms with van der Waals surface area (Å²) < 4.78 is 5.98. The van der Waals surface area contributed by atoms with Crippen LogP contribution in [0.4, 0.5) is 10.5 Å². The molecule has 0 radical (unpaired) electrons. The number of hydrogen-bond acceptors (Lipinski definition) is 2.